The summed E-state index contributed by atoms with van der Waals surface area (Å²) in [7, 11) is 1.55. The highest BCUT2D eigenvalue weighted by atomic mass is 79.9. The van der Waals surface area contributed by atoms with Crippen LogP contribution in [0.2, 0.25) is 0 Å². The van der Waals surface area contributed by atoms with Gasteiger partial charge in [-0.2, -0.15) is 0 Å². The molecule has 0 aliphatic rings. The fourth-order valence-corrected chi connectivity index (χ4v) is 2.18. The van der Waals surface area contributed by atoms with Gasteiger partial charge >= 0.3 is 0 Å². The normalized spacial score (nSPS) is 10.2. The Morgan fingerprint density at radius 3 is 2.67 bits per heavy atom. The summed E-state index contributed by atoms with van der Waals surface area (Å²) in [5.74, 6) is 0.674. The molecule has 0 spiro atoms. The summed E-state index contributed by atoms with van der Waals surface area (Å²) in [6, 6.07) is 10.0. The maximum atomic E-state index is 13.4. The summed E-state index contributed by atoms with van der Waals surface area (Å²) in [5.41, 5.74) is 7.15. The zero-order chi connectivity index (χ0) is 15.4. The molecule has 0 bridgehead atoms. The number of halogens is 2. The second-order valence-electron chi connectivity index (χ2n) is 4.26. The molecule has 0 atom stereocenters. The summed E-state index contributed by atoms with van der Waals surface area (Å²) in [4.78, 5) is 0.272. The molecule has 0 saturated carbocycles. The predicted molar refractivity (Wildman–Crippen MR) is 87.3 cm³/mol. The quantitative estimate of drug-likeness (QED) is 0.813. The highest BCUT2D eigenvalue weighted by Gasteiger charge is 2.08. The van der Waals surface area contributed by atoms with E-state index in [1.54, 1.807) is 31.4 Å². The molecule has 3 nitrogen and oxygen atoms in total. The van der Waals surface area contributed by atoms with E-state index in [0.717, 1.165) is 5.56 Å². The van der Waals surface area contributed by atoms with Crippen molar-refractivity contribution in [2.45, 2.75) is 6.61 Å². The van der Waals surface area contributed by atoms with Crippen molar-refractivity contribution in [3.05, 3.63) is 57.8 Å². The third kappa shape index (κ3) is 3.92. The van der Waals surface area contributed by atoms with Crippen LogP contribution in [0.1, 0.15) is 11.1 Å². The molecule has 2 aromatic rings. The summed E-state index contributed by atoms with van der Waals surface area (Å²) in [6.45, 7) is 0.287. The lowest BCUT2D eigenvalue weighted by Gasteiger charge is -2.11. The van der Waals surface area contributed by atoms with Crippen molar-refractivity contribution in [3.63, 3.8) is 0 Å². The standard InChI is InChI=1S/C15H13BrFNO2S/c1-19-14-6-9(2-4-11(14)15(18)21)8-20-10-3-5-12(16)13(17)7-10/h2-7H,8H2,1H3,(H2,18,21). The minimum Gasteiger partial charge on any atom is -0.496 e. The van der Waals surface area contributed by atoms with E-state index in [1.807, 2.05) is 6.07 Å². The molecule has 0 aliphatic carbocycles. The van der Waals surface area contributed by atoms with Crippen LogP contribution in [-0.4, -0.2) is 12.1 Å². The van der Waals surface area contributed by atoms with Gasteiger partial charge in [0.05, 0.1) is 17.1 Å². The summed E-state index contributed by atoms with van der Waals surface area (Å²) in [6.07, 6.45) is 0. The first-order valence-electron chi connectivity index (χ1n) is 6.06. The fourth-order valence-electron chi connectivity index (χ4n) is 1.76. The zero-order valence-corrected chi connectivity index (χ0v) is 13.6. The average Bonchev–Trinajstić information content (AvgIpc) is 2.48. The van der Waals surface area contributed by atoms with Gasteiger partial charge in [0.2, 0.25) is 0 Å². The Hall–Kier alpha value is -1.66. The van der Waals surface area contributed by atoms with Gasteiger partial charge in [0.15, 0.2) is 0 Å². The van der Waals surface area contributed by atoms with Crippen molar-refractivity contribution in [2.24, 2.45) is 5.73 Å². The molecule has 110 valence electrons. The Labute approximate surface area is 136 Å². The van der Waals surface area contributed by atoms with Gasteiger partial charge in [-0.1, -0.05) is 18.3 Å². The maximum Gasteiger partial charge on any atom is 0.141 e. The van der Waals surface area contributed by atoms with Crippen molar-refractivity contribution in [2.75, 3.05) is 7.11 Å². The van der Waals surface area contributed by atoms with Gasteiger partial charge in [0.1, 0.15) is 28.9 Å². The van der Waals surface area contributed by atoms with Gasteiger partial charge in [-0.15, -0.1) is 0 Å². The lowest BCUT2D eigenvalue weighted by molar-refractivity contribution is 0.303. The van der Waals surface area contributed by atoms with Gasteiger partial charge < -0.3 is 15.2 Å². The lowest BCUT2D eigenvalue weighted by atomic mass is 10.1. The van der Waals surface area contributed by atoms with Crippen LogP contribution in [-0.2, 0) is 6.61 Å². The smallest absolute Gasteiger partial charge is 0.141 e. The van der Waals surface area contributed by atoms with E-state index in [9.17, 15) is 4.39 Å². The van der Waals surface area contributed by atoms with E-state index in [4.69, 9.17) is 27.4 Å². The van der Waals surface area contributed by atoms with Gasteiger partial charge in [0.25, 0.3) is 0 Å². The second kappa shape index (κ2) is 6.87. The van der Waals surface area contributed by atoms with Gasteiger partial charge in [0, 0.05) is 6.07 Å². The van der Waals surface area contributed by atoms with Crippen molar-refractivity contribution >= 4 is 33.1 Å². The Bertz CT molecular complexity index is 679. The van der Waals surface area contributed by atoms with Gasteiger partial charge in [-0.25, -0.2) is 4.39 Å². The van der Waals surface area contributed by atoms with E-state index in [1.165, 1.54) is 6.07 Å². The number of benzene rings is 2. The Morgan fingerprint density at radius 1 is 1.29 bits per heavy atom. The number of thiocarbonyl (C=S) groups is 1. The number of rotatable bonds is 5. The van der Waals surface area contributed by atoms with Crippen LogP contribution in [0.5, 0.6) is 11.5 Å². The topological polar surface area (TPSA) is 44.5 Å². The third-order valence-corrected chi connectivity index (χ3v) is 3.69. The SMILES string of the molecule is COc1cc(COc2ccc(Br)c(F)c2)ccc1C(N)=S. The van der Waals surface area contributed by atoms with E-state index >= 15 is 0 Å². The third-order valence-electron chi connectivity index (χ3n) is 2.83. The minimum atomic E-state index is -0.367. The first kappa shape index (κ1) is 15.7. The number of nitrogens with two attached hydrogens (primary N) is 1. The Morgan fingerprint density at radius 2 is 2.05 bits per heavy atom. The molecule has 2 N–H and O–H groups in total. The maximum absolute atomic E-state index is 13.4. The molecule has 0 saturated heterocycles. The molecule has 21 heavy (non-hydrogen) atoms. The van der Waals surface area contributed by atoms with Crippen LogP contribution < -0.4 is 15.2 Å². The van der Waals surface area contributed by atoms with Crippen LogP contribution in [0.3, 0.4) is 0 Å². The van der Waals surface area contributed by atoms with E-state index in [-0.39, 0.29) is 17.4 Å². The van der Waals surface area contributed by atoms with Crippen molar-refractivity contribution in [1.29, 1.82) is 0 Å². The van der Waals surface area contributed by atoms with E-state index in [0.29, 0.717) is 21.5 Å². The molecule has 6 heteroatoms. The monoisotopic (exact) mass is 369 g/mol. The number of hydrogen-bond acceptors (Lipinski definition) is 3. The molecule has 0 amide bonds. The Kier molecular flexibility index (Phi) is 5.14. The molecule has 0 radical (unpaired) electrons. The van der Waals surface area contributed by atoms with Gasteiger partial charge in [-0.3, -0.25) is 0 Å². The van der Waals surface area contributed by atoms with Gasteiger partial charge in [-0.05, 0) is 45.8 Å². The molecule has 0 aliphatic heterocycles. The molecule has 0 fully saturated rings. The van der Waals surface area contributed by atoms with Crippen LogP contribution in [0, 0.1) is 5.82 Å². The zero-order valence-electron chi connectivity index (χ0n) is 11.2. The van der Waals surface area contributed by atoms with E-state index in [2.05, 4.69) is 15.9 Å². The molecule has 2 rings (SSSR count). The van der Waals surface area contributed by atoms with Crippen molar-refractivity contribution in [3.8, 4) is 11.5 Å². The molecule has 0 heterocycles. The Balaban J connectivity index is 2.13. The van der Waals surface area contributed by atoms with Crippen molar-refractivity contribution in [1.82, 2.24) is 0 Å². The second-order valence-corrected chi connectivity index (χ2v) is 5.56. The summed E-state index contributed by atoms with van der Waals surface area (Å²) >= 11 is 8.04. The highest BCUT2D eigenvalue weighted by Crippen LogP contribution is 2.24. The number of hydrogen-bond donors (Lipinski definition) is 1. The first-order valence-corrected chi connectivity index (χ1v) is 7.26. The van der Waals surface area contributed by atoms with Crippen LogP contribution in [0.25, 0.3) is 0 Å². The van der Waals surface area contributed by atoms with Crippen LogP contribution in [0.15, 0.2) is 40.9 Å². The summed E-state index contributed by atoms with van der Waals surface area (Å²) < 4.78 is 24.6. The number of methoxy groups -OCH3 is 1. The van der Waals surface area contributed by atoms with Crippen LogP contribution >= 0.6 is 28.1 Å². The largest absolute Gasteiger partial charge is 0.496 e. The molecule has 0 unspecified atom stereocenters. The molecular weight excluding hydrogens is 357 g/mol. The molecule has 2 aromatic carbocycles. The first-order chi connectivity index (χ1) is 10.0. The molecular formula is C15H13BrFNO2S. The fraction of sp³-hybridized carbons (Fsp3) is 0.133. The lowest BCUT2D eigenvalue weighted by Crippen LogP contribution is -2.11. The number of ether oxygens (including phenoxy) is 2. The van der Waals surface area contributed by atoms with Crippen molar-refractivity contribution < 1.29 is 13.9 Å². The summed E-state index contributed by atoms with van der Waals surface area (Å²) in [5, 5.41) is 0. The highest BCUT2D eigenvalue weighted by molar-refractivity contribution is 9.10. The van der Waals surface area contributed by atoms with Crippen LogP contribution in [0.4, 0.5) is 4.39 Å². The molecule has 0 aromatic heterocycles. The minimum absolute atomic E-state index is 0.272. The predicted octanol–water partition coefficient (Wildman–Crippen LogP) is 3.81. The van der Waals surface area contributed by atoms with E-state index < -0.39 is 0 Å². The average molecular weight is 370 g/mol.